The largest absolute Gasteiger partial charge is 0.465 e. The number of rotatable bonds is 2. The highest BCUT2D eigenvalue weighted by atomic mass is 16.5. The predicted octanol–water partition coefficient (Wildman–Crippen LogP) is 1.74. The van der Waals surface area contributed by atoms with E-state index in [9.17, 15) is 9.90 Å². The first kappa shape index (κ1) is 12.9. The highest BCUT2D eigenvalue weighted by Gasteiger charge is 2.19. The fourth-order valence-electron chi connectivity index (χ4n) is 2.36. The lowest BCUT2D eigenvalue weighted by molar-refractivity contribution is 0.0600. The van der Waals surface area contributed by atoms with E-state index in [0.717, 1.165) is 37.2 Å². The van der Waals surface area contributed by atoms with Gasteiger partial charge in [0.2, 0.25) is 0 Å². The number of ether oxygens (including phenoxy) is 1. The van der Waals surface area contributed by atoms with Crippen molar-refractivity contribution < 1.29 is 14.6 Å². The van der Waals surface area contributed by atoms with Crippen molar-refractivity contribution in [2.75, 3.05) is 25.1 Å². The molecule has 1 N–H and O–H groups in total. The Kier molecular flexibility index (Phi) is 3.87. The predicted molar refractivity (Wildman–Crippen MR) is 70.0 cm³/mol. The van der Waals surface area contributed by atoms with Crippen LogP contribution in [0.1, 0.15) is 28.8 Å². The maximum absolute atomic E-state index is 11.4. The average molecular weight is 249 g/mol. The number of aliphatic hydroxyl groups excluding tert-OH is 1. The number of aryl methyl sites for hydroxylation is 1. The third-order valence-electron chi connectivity index (χ3n) is 3.42. The van der Waals surface area contributed by atoms with E-state index in [4.69, 9.17) is 4.74 Å². The lowest BCUT2D eigenvalue weighted by Gasteiger charge is -2.32. The lowest BCUT2D eigenvalue weighted by Crippen LogP contribution is -2.36. The Hall–Kier alpha value is -1.55. The van der Waals surface area contributed by atoms with Crippen molar-refractivity contribution in [2.45, 2.75) is 25.9 Å². The van der Waals surface area contributed by atoms with Gasteiger partial charge in [0, 0.05) is 18.8 Å². The Morgan fingerprint density at radius 3 is 2.61 bits per heavy atom. The fourth-order valence-corrected chi connectivity index (χ4v) is 2.36. The summed E-state index contributed by atoms with van der Waals surface area (Å²) in [7, 11) is 1.39. The van der Waals surface area contributed by atoms with Crippen molar-refractivity contribution >= 4 is 11.7 Å². The third kappa shape index (κ3) is 2.64. The number of esters is 1. The molecule has 0 unspecified atom stereocenters. The minimum absolute atomic E-state index is 0.170. The van der Waals surface area contributed by atoms with Crippen molar-refractivity contribution in [3.8, 4) is 0 Å². The van der Waals surface area contributed by atoms with E-state index in [1.165, 1.54) is 7.11 Å². The van der Waals surface area contributed by atoms with Crippen LogP contribution in [-0.2, 0) is 4.74 Å². The maximum Gasteiger partial charge on any atom is 0.337 e. The summed E-state index contributed by atoms with van der Waals surface area (Å²) in [4.78, 5) is 13.7. The molecule has 1 aliphatic rings. The number of piperidine rings is 1. The van der Waals surface area contributed by atoms with Gasteiger partial charge in [-0.1, -0.05) is 0 Å². The van der Waals surface area contributed by atoms with Crippen molar-refractivity contribution in [3.05, 3.63) is 29.3 Å². The summed E-state index contributed by atoms with van der Waals surface area (Å²) in [5.74, 6) is -0.307. The fraction of sp³-hybridized carbons (Fsp3) is 0.500. The second kappa shape index (κ2) is 5.40. The van der Waals surface area contributed by atoms with Crippen LogP contribution in [-0.4, -0.2) is 37.4 Å². The standard InChI is InChI=1S/C14H19NO3/c1-10-9-11(14(17)18-2)3-4-13(10)15-7-5-12(16)6-8-15/h3-4,9,12,16H,5-8H2,1-2H3. The molecular weight excluding hydrogens is 230 g/mol. The molecule has 0 aromatic heterocycles. The van der Waals surface area contributed by atoms with E-state index < -0.39 is 0 Å². The highest BCUT2D eigenvalue weighted by Crippen LogP contribution is 2.25. The summed E-state index contributed by atoms with van der Waals surface area (Å²) in [5.41, 5.74) is 2.78. The average Bonchev–Trinajstić information content (AvgIpc) is 2.39. The molecule has 0 amide bonds. The van der Waals surface area contributed by atoms with E-state index in [-0.39, 0.29) is 12.1 Å². The SMILES string of the molecule is COC(=O)c1ccc(N2CCC(O)CC2)c(C)c1. The second-order valence-electron chi connectivity index (χ2n) is 4.71. The number of carbonyl (C=O) groups is 1. The topological polar surface area (TPSA) is 49.8 Å². The van der Waals surface area contributed by atoms with E-state index in [2.05, 4.69) is 4.90 Å². The van der Waals surface area contributed by atoms with Crippen LogP contribution < -0.4 is 4.90 Å². The number of hydrogen-bond acceptors (Lipinski definition) is 4. The van der Waals surface area contributed by atoms with E-state index in [1.807, 2.05) is 19.1 Å². The number of carbonyl (C=O) groups excluding carboxylic acids is 1. The van der Waals surface area contributed by atoms with Crippen molar-refractivity contribution in [1.82, 2.24) is 0 Å². The first-order valence-corrected chi connectivity index (χ1v) is 6.24. The van der Waals surface area contributed by atoms with Crippen LogP contribution in [0.25, 0.3) is 0 Å². The monoisotopic (exact) mass is 249 g/mol. The van der Waals surface area contributed by atoms with Gasteiger partial charge in [-0.3, -0.25) is 0 Å². The van der Waals surface area contributed by atoms with Gasteiger partial charge in [-0.2, -0.15) is 0 Å². The smallest absolute Gasteiger partial charge is 0.337 e. The van der Waals surface area contributed by atoms with Gasteiger partial charge < -0.3 is 14.7 Å². The summed E-state index contributed by atoms with van der Waals surface area (Å²) < 4.78 is 4.71. The molecule has 0 atom stereocenters. The van der Waals surface area contributed by atoms with Crippen LogP contribution in [0.3, 0.4) is 0 Å². The molecule has 18 heavy (non-hydrogen) atoms. The molecule has 4 heteroatoms. The molecule has 0 aliphatic carbocycles. The Labute approximate surface area is 107 Å². The number of hydrogen-bond donors (Lipinski definition) is 1. The molecule has 0 bridgehead atoms. The van der Waals surface area contributed by atoms with Crippen LogP contribution in [0.15, 0.2) is 18.2 Å². The Bertz CT molecular complexity index is 437. The van der Waals surface area contributed by atoms with Crippen molar-refractivity contribution in [1.29, 1.82) is 0 Å². The zero-order valence-electron chi connectivity index (χ0n) is 10.8. The molecule has 1 aromatic rings. The van der Waals surface area contributed by atoms with E-state index in [1.54, 1.807) is 6.07 Å². The van der Waals surface area contributed by atoms with Crippen LogP contribution in [0, 0.1) is 6.92 Å². The summed E-state index contributed by atoms with van der Waals surface area (Å²) in [5, 5.41) is 9.50. The van der Waals surface area contributed by atoms with Crippen LogP contribution in [0.2, 0.25) is 0 Å². The summed E-state index contributed by atoms with van der Waals surface area (Å²) in [6, 6.07) is 5.60. The lowest BCUT2D eigenvalue weighted by atomic mass is 10.0. The third-order valence-corrected chi connectivity index (χ3v) is 3.42. The van der Waals surface area contributed by atoms with E-state index >= 15 is 0 Å². The normalized spacial score (nSPS) is 16.7. The van der Waals surface area contributed by atoms with Crippen molar-refractivity contribution in [2.24, 2.45) is 0 Å². The maximum atomic E-state index is 11.4. The Morgan fingerprint density at radius 1 is 1.39 bits per heavy atom. The van der Waals surface area contributed by atoms with Gasteiger partial charge in [0.15, 0.2) is 0 Å². The van der Waals surface area contributed by atoms with Gasteiger partial charge >= 0.3 is 5.97 Å². The minimum Gasteiger partial charge on any atom is -0.465 e. The number of benzene rings is 1. The van der Waals surface area contributed by atoms with Gasteiger partial charge in [-0.15, -0.1) is 0 Å². The van der Waals surface area contributed by atoms with Crippen LogP contribution in [0.4, 0.5) is 5.69 Å². The molecule has 2 rings (SSSR count). The van der Waals surface area contributed by atoms with E-state index in [0.29, 0.717) is 5.56 Å². The molecule has 1 fully saturated rings. The highest BCUT2D eigenvalue weighted by molar-refractivity contribution is 5.90. The molecule has 0 spiro atoms. The molecule has 1 aromatic carbocycles. The van der Waals surface area contributed by atoms with Gasteiger partial charge in [-0.05, 0) is 43.5 Å². The van der Waals surface area contributed by atoms with Crippen LogP contribution in [0.5, 0.6) is 0 Å². The first-order chi connectivity index (χ1) is 8.61. The Morgan fingerprint density at radius 2 is 2.06 bits per heavy atom. The molecular formula is C14H19NO3. The molecule has 4 nitrogen and oxygen atoms in total. The van der Waals surface area contributed by atoms with Crippen LogP contribution >= 0.6 is 0 Å². The molecule has 1 aliphatic heterocycles. The zero-order chi connectivity index (χ0) is 13.1. The minimum atomic E-state index is -0.307. The van der Waals surface area contributed by atoms with Gasteiger partial charge in [0.1, 0.15) is 0 Å². The summed E-state index contributed by atoms with van der Waals surface area (Å²) in [6.45, 7) is 3.71. The Balaban J connectivity index is 2.17. The van der Waals surface area contributed by atoms with Gasteiger partial charge in [0.05, 0.1) is 18.8 Å². The molecule has 1 heterocycles. The molecule has 98 valence electrons. The molecule has 1 saturated heterocycles. The second-order valence-corrected chi connectivity index (χ2v) is 4.71. The summed E-state index contributed by atoms with van der Waals surface area (Å²) in [6.07, 6.45) is 1.44. The number of anilines is 1. The van der Waals surface area contributed by atoms with Gasteiger partial charge in [0.25, 0.3) is 0 Å². The zero-order valence-corrected chi connectivity index (χ0v) is 10.8. The molecule has 0 radical (unpaired) electrons. The van der Waals surface area contributed by atoms with Crippen molar-refractivity contribution in [3.63, 3.8) is 0 Å². The van der Waals surface area contributed by atoms with Gasteiger partial charge in [-0.25, -0.2) is 4.79 Å². The summed E-state index contributed by atoms with van der Waals surface area (Å²) >= 11 is 0. The number of methoxy groups -OCH3 is 1. The first-order valence-electron chi connectivity index (χ1n) is 6.24. The number of aliphatic hydroxyl groups is 1. The quantitative estimate of drug-likeness (QED) is 0.811. The number of nitrogens with zero attached hydrogens (tertiary/aromatic N) is 1. The molecule has 0 saturated carbocycles.